The fraction of sp³-hybridized carbons (Fsp3) is 0. The lowest BCUT2D eigenvalue weighted by Gasteiger charge is -2.00. The number of aromatic hydroxyl groups is 2. The van der Waals surface area contributed by atoms with Crippen LogP contribution in [0.5, 0.6) is 11.5 Å². The van der Waals surface area contributed by atoms with E-state index in [1.54, 1.807) is 0 Å². The predicted octanol–water partition coefficient (Wildman–Crippen LogP) is -1.19. The highest BCUT2D eigenvalue weighted by atomic mass is 16.3. The summed E-state index contributed by atoms with van der Waals surface area (Å²) in [4.78, 5) is 23.1. The lowest BCUT2D eigenvalue weighted by Crippen LogP contribution is -2.46. The van der Waals surface area contributed by atoms with Gasteiger partial charge in [-0.1, -0.05) is 0 Å². The second-order valence-corrected chi connectivity index (χ2v) is 3.26. The first-order valence-corrected chi connectivity index (χ1v) is 4.27. The average Bonchev–Trinajstić information content (AvgIpc) is 2.26. The Balaban J connectivity index is 3.43. The summed E-state index contributed by atoms with van der Waals surface area (Å²) in [5.41, 5.74) is -1.87. The van der Waals surface area contributed by atoms with Gasteiger partial charge in [-0.2, -0.15) is 0 Å². The molecule has 0 fully saturated rings. The van der Waals surface area contributed by atoms with Gasteiger partial charge in [0.1, 0.15) is 22.2 Å². The molecule has 0 saturated heterocycles. The Morgan fingerprint density at radius 2 is 1.12 bits per heavy atom. The number of phenols is 2. The van der Waals surface area contributed by atoms with Crippen molar-refractivity contribution in [3.8, 4) is 11.5 Å². The van der Waals surface area contributed by atoms with E-state index >= 15 is 0 Å². The van der Waals surface area contributed by atoms with E-state index in [1.165, 1.54) is 0 Å². The summed E-state index contributed by atoms with van der Waals surface area (Å²) in [6.07, 6.45) is 0. The van der Waals surface area contributed by atoms with E-state index in [0.29, 0.717) is 0 Å². The van der Waals surface area contributed by atoms with Crippen LogP contribution in [0.4, 0.5) is 0 Å². The zero-order valence-electron chi connectivity index (χ0n) is 7.87. The van der Waals surface area contributed by atoms with Crippen LogP contribution in [-0.4, -0.2) is 10.2 Å². The maximum Gasteiger partial charge on any atom is 0.217 e. The van der Waals surface area contributed by atoms with Crippen LogP contribution in [0.3, 0.4) is 0 Å². The molecule has 4 N–H and O–H groups in total. The smallest absolute Gasteiger partial charge is 0.217 e. The summed E-state index contributed by atoms with van der Waals surface area (Å²) in [7, 11) is 0. The van der Waals surface area contributed by atoms with E-state index in [2.05, 4.69) is 0 Å². The number of nitrogens with one attached hydrogen (secondary N) is 2. The van der Waals surface area contributed by atoms with Crippen LogP contribution in [0.15, 0.2) is 21.7 Å². The Morgan fingerprint density at radius 1 is 0.812 bits per heavy atom. The van der Waals surface area contributed by atoms with E-state index in [4.69, 9.17) is 10.8 Å². The molecule has 0 aliphatic carbocycles. The largest absolute Gasteiger partial charge is 0.507 e. The summed E-state index contributed by atoms with van der Waals surface area (Å²) < 4.78 is 0. The van der Waals surface area contributed by atoms with Crippen LogP contribution < -0.4 is 21.6 Å². The third-order valence-electron chi connectivity index (χ3n) is 2.32. The minimum Gasteiger partial charge on any atom is -0.507 e. The molecule has 0 bridgehead atoms. The normalized spacial score (nSPS) is 10.8. The molecule has 0 heterocycles. The fourth-order valence-electron chi connectivity index (χ4n) is 1.52. The van der Waals surface area contributed by atoms with Crippen LogP contribution in [-0.2, 0) is 0 Å². The third-order valence-corrected chi connectivity index (χ3v) is 2.32. The van der Waals surface area contributed by atoms with Gasteiger partial charge in [-0.15, -0.1) is 0 Å². The van der Waals surface area contributed by atoms with Gasteiger partial charge in [0, 0.05) is 0 Å². The first kappa shape index (κ1) is 10.0. The van der Waals surface area contributed by atoms with Crippen molar-refractivity contribution < 1.29 is 10.2 Å². The van der Waals surface area contributed by atoms with Crippen molar-refractivity contribution in [3.63, 3.8) is 0 Å². The number of rotatable bonds is 0. The molecule has 16 heavy (non-hydrogen) atoms. The number of hydrogen-bond acceptors (Lipinski definition) is 6. The van der Waals surface area contributed by atoms with E-state index in [1.807, 2.05) is 0 Å². The topological polar surface area (TPSA) is 122 Å². The first-order valence-electron chi connectivity index (χ1n) is 4.27. The highest BCUT2D eigenvalue weighted by molar-refractivity contribution is 5.92. The molecule has 2 aromatic rings. The fourth-order valence-corrected chi connectivity index (χ4v) is 1.52. The molecule has 0 amide bonds. The van der Waals surface area contributed by atoms with Crippen molar-refractivity contribution >= 4 is 10.8 Å². The molecule has 0 saturated carbocycles. The molecule has 80 valence electrons. The maximum absolute atomic E-state index is 11.6. The molecule has 0 atom stereocenters. The maximum atomic E-state index is 11.6. The van der Waals surface area contributed by atoms with Gasteiger partial charge in [-0.25, -0.2) is 0 Å². The van der Waals surface area contributed by atoms with Crippen molar-refractivity contribution in [2.75, 3.05) is 0 Å². The van der Waals surface area contributed by atoms with Gasteiger partial charge < -0.3 is 10.2 Å². The Morgan fingerprint density at radius 3 is 1.44 bits per heavy atom. The summed E-state index contributed by atoms with van der Waals surface area (Å²) in [6.45, 7) is 0. The van der Waals surface area contributed by atoms with Gasteiger partial charge >= 0.3 is 0 Å². The van der Waals surface area contributed by atoms with E-state index < -0.39 is 43.8 Å². The molecule has 6 nitrogen and oxygen atoms in total. The van der Waals surface area contributed by atoms with Gasteiger partial charge in [0.15, 0.2) is 0 Å². The van der Waals surface area contributed by atoms with E-state index in [-0.39, 0.29) is 0 Å². The van der Waals surface area contributed by atoms with Crippen molar-refractivity contribution in [1.82, 2.24) is 0 Å². The lowest BCUT2D eigenvalue weighted by atomic mass is 10.1. The van der Waals surface area contributed by atoms with Crippen LogP contribution in [0.25, 0.3) is 10.8 Å². The first-order chi connectivity index (χ1) is 7.45. The Labute approximate surface area is 87.4 Å². The molecule has 0 unspecified atom stereocenters. The Bertz CT molecular complexity index is 732. The standard InChI is InChI=1S/C10H6N2O4/c11-7-8(12)10(16)6-4(14)2-1-3(13)5(6)9(7)15/h1-2,11-14H. The lowest BCUT2D eigenvalue weighted by molar-refractivity contribution is 0.469. The molecular weight excluding hydrogens is 212 g/mol. The highest BCUT2D eigenvalue weighted by Crippen LogP contribution is 2.25. The van der Waals surface area contributed by atoms with Crippen molar-refractivity contribution in [3.05, 3.63) is 43.3 Å². The van der Waals surface area contributed by atoms with E-state index in [0.717, 1.165) is 12.1 Å². The van der Waals surface area contributed by atoms with Gasteiger partial charge in [-0.05, 0) is 12.1 Å². The minimum atomic E-state index is -0.937. The average molecular weight is 218 g/mol. The number of hydrogen-bond donors (Lipinski definition) is 4. The van der Waals surface area contributed by atoms with Gasteiger partial charge in [0.05, 0.1) is 10.8 Å². The summed E-state index contributed by atoms with van der Waals surface area (Å²) in [5.74, 6) is -0.966. The number of fused-ring (bicyclic) bond motifs is 1. The molecule has 2 aromatic carbocycles. The zero-order chi connectivity index (χ0) is 12.0. The van der Waals surface area contributed by atoms with Gasteiger partial charge in [0.25, 0.3) is 0 Å². The summed E-state index contributed by atoms with van der Waals surface area (Å²) >= 11 is 0. The summed E-state index contributed by atoms with van der Waals surface area (Å²) in [6, 6.07) is 2.11. The van der Waals surface area contributed by atoms with Crippen LogP contribution in [0, 0.1) is 10.8 Å². The monoisotopic (exact) mass is 218 g/mol. The molecule has 6 heteroatoms. The van der Waals surface area contributed by atoms with Crippen LogP contribution >= 0.6 is 0 Å². The highest BCUT2D eigenvalue weighted by Gasteiger charge is 2.14. The molecule has 0 aliphatic rings. The molecule has 0 aromatic heterocycles. The Kier molecular flexibility index (Phi) is 1.88. The molecule has 2 rings (SSSR count). The van der Waals surface area contributed by atoms with Crippen molar-refractivity contribution in [1.29, 1.82) is 10.8 Å². The van der Waals surface area contributed by atoms with Crippen LogP contribution in [0.1, 0.15) is 0 Å². The van der Waals surface area contributed by atoms with Crippen LogP contribution in [0.2, 0.25) is 0 Å². The zero-order valence-corrected chi connectivity index (χ0v) is 7.87. The second-order valence-electron chi connectivity index (χ2n) is 3.26. The van der Waals surface area contributed by atoms with Gasteiger partial charge in [-0.3, -0.25) is 20.4 Å². The minimum absolute atomic E-state index is 0.411. The molecule has 0 aliphatic heterocycles. The van der Waals surface area contributed by atoms with Crippen molar-refractivity contribution in [2.24, 2.45) is 0 Å². The van der Waals surface area contributed by atoms with E-state index in [9.17, 15) is 19.8 Å². The second kappa shape index (κ2) is 2.99. The Hall–Kier alpha value is -2.50. The number of benzene rings is 2. The van der Waals surface area contributed by atoms with Gasteiger partial charge in [0.2, 0.25) is 10.9 Å². The third kappa shape index (κ3) is 1.07. The molecule has 0 spiro atoms. The number of phenolic OH excluding ortho intramolecular Hbond substituents is 2. The predicted molar refractivity (Wildman–Crippen MR) is 53.9 cm³/mol. The molecule has 0 radical (unpaired) electrons. The quantitative estimate of drug-likeness (QED) is 0.415. The summed E-state index contributed by atoms with van der Waals surface area (Å²) in [5, 5.41) is 30.9. The van der Waals surface area contributed by atoms with Crippen molar-refractivity contribution in [2.45, 2.75) is 0 Å². The SMILES string of the molecule is N=c1c(=N)c(=O)c2c(O)ccc(O)c2c1=O. The molecular formula is C10H6N2O4.